The van der Waals surface area contributed by atoms with Crippen molar-refractivity contribution in [2.24, 2.45) is 0 Å². The van der Waals surface area contributed by atoms with E-state index in [4.69, 9.17) is 19.0 Å². The van der Waals surface area contributed by atoms with Crippen molar-refractivity contribution in [2.45, 2.75) is 75.2 Å². The van der Waals surface area contributed by atoms with Crippen LogP contribution in [0.5, 0.6) is 0 Å². The first-order valence-corrected chi connectivity index (χ1v) is 10.6. The number of rotatable bonds is 6. The fourth-order valence-electron chi connectivity index (χ4n) is 4.93. The SMILES string of the molecule is COCCC1(c2noc(C3CCc4nnn(C5CCOCC5)c4C3)n2)CCC1. The molecule has 2 aromatic rings. The summed E-state index contributed by atoms with van der Waals surface area (Å²) in [4.78, 5) is 4.88. The summed E-state index contributed by atoms with van der Waals surface area (Å²) in [5.74, 6) is 1.92. The van der Waals surface area contributed by atoms with Gasteiger partial charge in [0.05, 0.1) is 17.4 Å². The number of fused-ring (bicyclic) bond motifs is 1. The highest BCUT2D eigenvalue weighted by molar-refractivity contribution is 5.20. The van der Waals surface area contributed by atoms with E-state index in [9.17, 15) is 0 Å². The maximum atomic E-state index is 5.77. The fourth-order valence-corrected chi connectivity index (χ4v) is 4.93. The molecule has 3 heterocycles. The molecule has 1 atom stereocenters. The summed E-state index contributed by atoms with van der Waals surface area (Å²) in [5.41, 5.74) is 2.45. The highest BCUT2D eigenvalue weighted by atomic mass is 16.5. The summed E-state index contributed by atoms with van der Waals surface area (Å²) in [7, 11) is 1.75. The Morgan fingerprint density at radius 3 is 2.82 bits per heavy atom. The third-order valence-electron chi connectivity index (χ3n) is 6.94. The van der Waals surface area contributed by atoms with Crippen LogP contribution >= 0.6 is 0 Å². The molecule has 0 aromatic carbocycles. The molecule has 8 nitrogen and oxygen atoms in total. The molecular formula is C20H29N5O3. The minimum Gasteiger partial charge on any atom is -0.385 e. The van der Waals surface area contributed by atoms with E-state index >= 15 is 0 Å². The molecule has 2 aromatic heterocycles. The van der Waals surface area contributed by atoms with Crippen molar-refractivity contribution in [3.63, 3.8) is 0 Å². The lowest BCUT2D eigenvalue weighted by Gasteiger charge is -2.38. The summed E-state index contributed by atoms with van der Waals surface area (Å²) < 4.78 is 18.7. The van der Waals surface area contributed by atoms with Crippen LogP contribution in [0.4, 0.5) is 0 Å². The van der Waals surface area contributed by atoms with E-state index in [1.54, 1.807) is 7.11 Å². The van der Waals surface area contributed by atoms with Gasteiger partial charge in [-0.25, -0.2) is 4.68 Å². The highest BCUT2D eigenvalue weighted by Crippen LogP contribution is 2.45. The van der Waals surface area contributed by atoms with Gasteiger partial charge < -0.3 is 14.0 Å². The van der Waals surface area contributed by atoms with Gasteiger partial charge in [-0.3, -0.25) is 0 Å². The lowest BCUT2D eigenvalue weighted by Crippen LogP contribution is -2.36. The van der Waals surface area contributed by atoms with Gasteiger partial charge in [0.2, 0.25) is 5.89 Å². The first kappa shape index (κ1) is 18.2. The number of hydrogen-bond donors (Lipinski definition) is 0. The second-order valence-corrected chi connectivity index (χ2v) is 8.54. The number of aryl methyl sites for hydroxylation is 1. The van der Waals surface area contributed by atoms with Crippen LogP contribution in [0.1, 0.15) is 80.0 Å². The largest absolute Gasteiger partial charge is 0.385 e. The summed E-state index contributed by atoms with van der Waals surface area (Å²) in [6.07, 6.45) is 9.28. The van der Waals surface area contributed by atoms with Crippen LogP contribution < -0.4 is 0 Å². The second-order valence-electron chi connectivity index (χ2n) is 8.54. The summed E-state index contributed by atoms with van der Waals surface area (Å²) >= 11 is 0. The van der Waals surface area contributed by atoms with E-state index in [2.05, 4.69) is 20.2 Å². The van der Waals surface area contributed by atoms with E-state index in [1.165, 1.54) is 12.1 Å². The molecule has 2 fully saturated rings. The van der Waals surface area contributed by atoms with Crippen LogP contribution in [0.2, 0.25) is 0 Å². The number of hydrogen-bond acceptors (Lipinski definition) is 7. The molecule has 0 amide bonds. The molecule has 0 bridgehead atoms. The van der Waals surface area contributed by atoms with Gasteiger partial charge in [-0.15, -0.1) is 5.10 Å². The molecule has 5 rings (SSSR count). The standard InChI is InChI=1S/C20H29N5O3/c1-26-12-9-20(7-2-8-20)19-21-18(28-23-19)14-3-4-16-17(13-14)25(24-22-16)15-5-10-27-11-6-15/h14-15H,2-13H2,1H3. The fraction of sp³-hybridized carbons (Fsp3) is 0.800. The number of aromatic nitrogens is 5. The van der Waals surface area contributed by atoms with E-state index < -0.39 is 0 Å². The first-order valence-electron chi connectivity index (χ1n) is 10.6. The topological polar surface area (TPSA) is 88.1 Å². The molecule has 8 heteroatoms. The van der Waals surface area contributed by atoms with Crippen LogP contribution in [0.25, 0.3) is 0 Å². The summed E-state index contributed by atoms with van der Waals surface area (Å²) in [5, 5.41) is 13.3. The van der Waals surface area contributed by atoms with Crippen molar-refractivity contribution in [1.29, 1.82) is 0 Å². The number of nitrogens with zero attached hydrogens (tertiary/aromatic N) is 5. The van der Waals surface area contributed by atoms with E-state index in [-0.39, 0.29) is 11.3 Å². The third kappa shape index (κ3) is 3.16. The summed E-state index contributed by atoms with van der Waals surface area (Å²) in [6.45, 7) is 2.35. The lowest BCUT2D eigenvalue weighted by atomic mass is 9.66. The van der Waals surface area contributed by atoms with Gasteiger partial charge in [0.1, 0.15) is 0 Å². The normalized spacial score (nSPS) is 24.7. The Bertz CT molecular complexity index is 807. The minimum absolute atomic E-state index is 0.0585. The molecule has 1 saturated carbocycles. The van der Waals surface area contributed by atoms with Gasteiger partial charge in [-0.1, -0.05) is 16.8 Å². The van der Waals surface area contributed by atoms with Crippen LogP contribution in [0.3, 0.4) is 0 Å². The molecule has 0 spiro atoms. The molecule has 0 radical (unpaired) electrons. The molecule has 2 aliphatic carbocycles. The van der Waals surface area contributed by atoms with Crippen molar-refractivity contribution < 1.29 is 14.0 Å². The Hall–Kier alpha value is -1.80. The van der Waals surface area contributed by atoms with Crippen molar-refractivity contribution >= 4 is 0 Å². The molecular weight excluding hydrogens is 358 g/mol. The molecule has 0 N–H and O–H groups in total. The van der Waals surface area contributed by atoms with Gasteiger partial charge in [-0.2, -0.15) is 4.98 Å². The first-order chi connectivity index (χ1) is 13.8. The van der Waals surface area contributed by atoms with Crippen molar-refractivity contribution in [1.82, 2.24) is 25.1 Å². The Morgan fingerprint density at radius 2 is 2.07 bits per heavy atom. The molecule has 1 aliphatic heterocycles. The van der Waals surface area contributed by atoms with Crippen LogP contribution in [-0.4, -0.2) is 52.1 Å². The zero-order valence-electron chi connectivity index (χ0n) is 16.6. The maximum Gasteiger partial charge on any atom is 0.230 e. The van der Waals surface area contributed by atoms with E-state index in [0.29, 0.717) is 6.04 Å². The van der Waals surface area contributed by atoms with Crippen LogP contribution in [0, 0.1) is 0 Å². The van der Waals surface area contributed by atoms with Crippen LogP contribution in [0.15, 0.2) is 4.52 Å². The highest BCUT2D eigenvalue weighted by Gasteiger charge is 2.43. The molecule has 3 aliphatic rings. The Kier molecular flexibility index (Phi) is 4.92. The Morgan fingerprint density at radius 1 is 1.21 bits per heavy atom. The Balaban J connectivity index is 1.34. The molecule has 152 valence electrons. The smallest absolute Gasteiger partial charge is 0.230 e. The van der Waals surface area contributed by atoms with E-state index in [0.717, 1.165) is 88.6 Å². The van der Waals surface area contributed by atoms with Gasteiger partial charge in [0.15, 0.2) is 5.82 Å². The summed E-state index contributed by atoms with van der Waals surface area (Å²) in [6, 6.07) is 0.397. The van der Waals surface area contributed by atoms with Crippen molar-refractivity contribution in [3.8, 4) is 0 Å². The van der Waals surface area contributed by atoms with Gasteiger partial charge >= 0.3 is 0 Å². The lowest BCUT2D eigenvalue weighted by molar-refractivity contribution is 0.0647. The molecule has 1 saturated heterocycles. The van der Waals surface area contributed by atoms with Crippen molar-refractivity contribution in [3.05, 3.63) is 23.1 Å². The number of ether oxygens (including phenoxy) is 2. The average molecular weight is 387 g/mol. The number of methoxy groups -OCH3 is 1. The zero-order chi connectivity index (χ0) is 19.0. The van der Waals surface area contributed by atoms with Gasteiger partial charge in [-0.05, 0) is 44.9 Å². The predicted octanol–water partition coefficient (Wildman–Crippen LogP) is 2.74. The predicted molar refractivity (Wildman–Crippen MR) is 100 cm³/mol. The quantitative estimate of drug-likeness (QED) is 0.753. The van der Waals surface area contributed by atoms with Crippen LogP contribution in [-0.2, 0) is 27.7 Å². The molecule has 28 heavy (non-hydrogen) atoms. The van der Waals surface area contributed by atoms with Gasteiger partial charge in [0.25, 0.3) is 0 Å². The zero-order valence-corrected chi connectivity index (χ0v) is 16.6. The maximum absolute atomic E-state index is 5.77. The Labute approximate surface area is 165 Å². The molecule has 1 unspecified atom stereocenters. The minimum atomic E-state index is 0.0585. The third-order valence-corrected chi connectivity index (χ3v) is 6.94. The second kappa shape index (κ2) is 7.55. The van der Waals surface area contributed by atoms with Gasteiger partial charge in [0, 0.05) is 44.7 Å². The average Bonchev–Trinajstić information content (AvgIpc) is 3.35. The van der Waals surface area contributed by atoms with E-state index in [1.807, 2.05) is 0 Å². The monoisotopic (exact) mass is 387 g/mol. The van der Waals surface area contributed by atoms with Crippen molar-refractivity contribution in [2.75, 3.05) is 26.9 Å².